The zero-order valence-corrected chi connectivity index (χ0v) is 31.7. The van der Waals surface area contributed by atoms with E-state index in [-0.39, 0.29) is 13.0 Å². The molecule has 0 aliphatic heterocycles. The predicted octanol–water partition coefficient (Wildman–Crippen LogP) is 11.7. The van der Waals surface area contributed by atoms with E-state index in [1.165, 1.54) is 0 Å². The Morgan fingerprint density at radius 2 is 0.743 bits per heavy atom. The van der Waals surface area contributed by atoms with Gasteiger partial charge in [-0.1, -0.05) is 0 Å². The maximum Gasteiger partial charge on any atom is 0.460 e. The van der Waals surface area contributed by atoms with Gasteiger partial charge in [0.05, 0.1) is 5.56 Å². The van der Waals surface area contributed by atoms with Crippen molar-refractivity contribution in [3.63, 3.8) is 0 Å². The highest BCUT2D eigenvalue weighted by Gasteiger charge is 3.02. The van der Waals surface area contributed by atoms with E-state index in [1.54, 1.807) is 0 Å². The van der Waals surface area contributed by atoms with Crippen molar-refractivity contribution >= 4 is 35.4 Å². The Morgan fingerprint density at radius 1 is 0.471 bits per heavy atom. The molecule has 0 aromatic heterocycles. The molecule has 41 heteroatoms. The number of halogens is 33. The molecule has 402 valence electrons. The second-order valence-corrected chi connectivity index (χ2v) is 13.1. The number of amides is 1. The minimum atomic E-state index is -10.4. The van der Waals surface area contributed by atoms with Crippen molar-refractivity contribution in [3.8, 4) is 0 Å². The van der Waals surface area contributed by atoms with Gasteiger partial charge in [0.2, 0.25) is 12.2 Å². The van der Waals surface area contributed by atoms with Crippen LogP contribution in [0.15, 0.2) is 16.1 Å². The SMILES string of the molecule is CC(=O)OCNC(=O)c1c(N=C=O)c(N=C=O)cc(C)c1C(F)(F)C(F)(F)C(F)(F)C(F)(F)C(F)(F)C(F)(F)C(F)(F)C(F)(F)C(F)(F)C(F)(F)C(F)(F)C(F)(F)C(F)(F)C(F)(F)C(F)(F)C(F)(F)F. The number of alkyl halides is 33. The molecule has 0 fully saturated rings. The number of hydrogen-bond donors (Lipinski definition) is 1. The number of rotatable bonds is 20. The lowest BCUT2D eigenvalue weighted by Crippen LogP contribution is -2.79. The lowest BCUT2D eigenvalue weighted by atomic mass is 9.81. The van der Waals surface area contributed by atoms with Crippen molar-refractivity contribution in [1.82, 2.24) is 5.32 Å². The fourth-order valence-corrected chi connectivity index (χ4v) is 4.90. The molecule has 0 radical (unpaired) electrons. The normalized spacial score (nSPS) is 15.2. The van der Waals surface area contributed by atoms with Gasteiger partial charge in [-0.3, -0.25) is 9.59 Å². The molecule has 0 saturated heterocycles. The first-order chi connectivity index (χ1) is 30.4. The molecular weight excluding hydrogens is 1100 g/mol. The van der Waals surface area contributed by atoms with Crippen LogP contribution in [0.3, 0.4) is 0 Å². The highest BCUT2D eigenvalue weighted by atomic mass is 19.4. The molecule has 8 nitrogen and oxygen atoms in total. The number of esters is 1. The number of hydrogen-bond acceptors (Lipinski definition) is 7. The van der Waals surface area contributed by atoms with Gasteiger partial charge < -0.3 is 10.1 Å². The van der Waals surface area contributed by atoms with Crippen LogP contribution in [-0.4, -0.2) is 120 Å². The minimum Gasteiger partial charge on any atom is -0.445 e. The Bertz CT molecular complexity index is 2290. The first-order valence-electron chi connectivity index (χ1n) is 15.9. The summed E-state index contributed by atoms with van der Waals surface area (Å²) in [5.74, 6) is -151. The van der Waals surface area contributed by atoms with Gasteiger partial charge in [-0.25, -0.2) is 9.59 Å². The number of ether oxygens (including phenoxy) is 1. The van der Waals surface area contributed by atoms with E-state index in [0.717, 1.165) is 5.32 Å². The maximum absolute atomic E-state index is 15.6. The summed E-state index contributed by atoms with van der Waals surface area (Å²) >= 11 is 0. The molecule has 0 heterocycles. The topological polar surface area (TPSA) is 114 Å². The van der Waals surface area contributed by atoms with Gasteiger partial charge >= 0.3 is 101 Å². The van der Waals surface area contributed by atoms with E-state index >= 15 is 17.6 Å². The van der Waals surface area contributed by atoms with Crippen LogP contribution < -0.4 is 5.32 Å². The van der Waals surface area contributed by atoms with E-state index in [9.17, 15) is 147 Å². The Labute approximate surface area is 358 Å². The number of carbonyl (C=O) groups is 2. The molecule has 0 unspecified atom stereocenters. The number of isocyanates is 2. The maximum atomic E-state index is 15.6. The molecular formula is C29H10F33N3O5. The lowest BCUT2D eigenvalue weighted by Gasteiger charge is -2.47. The molecule has 1 aromatic carbocycles. The van der Waals surface area contributed by atoms with Crippen LogP contribution in [0.2, 0.25) is 0 Å². The third-order valence-corrected chi connectivity index (χ3v) is 8.73. The van der Waals surface area contributed by atoms with Crippen molar-refractivity contribution in [2.45, 2.75) is 109 Å². The first kappa shape index (κ1) is 62.6. The molecule has 0 atom stereocenters. The van der Waals surface area contributed by atoms with E-state index in [4.69, 9.17) is 0 Å². The van der Waals surface area contributed by atoms with Gasteiger partial charge in [0.1, 0.15) is 11.4 Å². The van der Waals surface area contributed by atoms with Crippen molar-refractivity contribution in [3.05, 3.63) is 22.8 Å². The highest BCUT2D eigenvalue weighted by Crippen LogP contribution is 2.70. The van der Waals surface area contributed by atoms with Gasteiger partial charge in [-0.05, 0) is 18.6 Å². The van der Waals surface area contributed by atoms with Crippen molar-refractivity contribution < 1.29 is 169 Å². The summed E-state index contributed by atoms with van der Waals surface area (Å²) in [6.07, 6.45) is -7.74. The third-order valence-electron chi connectivity index (χ3n) is 8.73. The molecule has 0 aliphatic carbocycles. The minimum absolute atomic E-state index is 0.206. The molecule has 1 aromatic rings. The summed E-state index contributed by atoms with van der Waals surface area (Å²) in [7, 11) is 0. The van der Waals surface area contributed by atoms with Gasteiger partial charge in [-0.2, -0.15) is 155 Å². The molecule has 1 N–H and O–H groups in total. The molecule has 0 bridgehead atoms. The monoisotopic (exact) mass is 1110 g/mol. The van der Waals surface area contributed by atoms with Gasteiger partial charge in [0, 0.05) is 12.5 Å². The number of carbonyl (C=O) groups excluding carboxylic acids is 4. The smallest absolute Gasteiger partial charge is 0.445 e. The standard InChI is InChI=1S/C29H10F33N3O5/c1-7-3-9(63-4-66)12(64-5-67)10(13(69)65-6-70-8(2)68)11(7)14(30,31)15(32,33)16(34,35)17(36,37)18(38,39)19(40,41)20(42,43)21(44,45)22(46,47)23(48,49)24(50,51)25(52,53)26(54,55)27(56,57)28(58,59)29(60,61)62/h3H,6H2,1-2H3,(H,65,69). The molecule has 0 aliphatic rings. The van der Waals surface area contributed by atoms with Gasteiger partial charge in [0.15, 0.2) is 6.73 Å². The summed E-state index contributed by atoms with van der Waals surface area (Å²) in [5, 5.41) is 1.05. The Hall–Kier alpha value is -5.39. The molecule has 1 rings (SSSR count). The number of nitrogens with one attached hydrogen (secondary N) is 1. The van der Waals surface area contributed by atoms with Crippen molar-refractivity contribution in [2.75, 3.05) is 6.73 Å². The average molecular weight is 1110 g/mol. The quantitative estimate of drug-likeness (QED) is 0.0459. The van der Waals surface area contributed by atoms with E-state index in [1.807, 2.05) is 0 Å². The fraction of sp³-hybridized carbons (Fsp3) is 0.655. The van der Waals surface area contributed by atoms with Crippen LogP contribution in [0.1, 0.15) is 28.4 Å². The number of benzene rings is 1. The van der Waals surface area contributed by atoms with Crippen LogP contribution in [0.5, 0.6) is 0 Å². The molecule has 0 saturated carbocycles. The van der Waals surface area contributed by atoms with Crippen LogP contribution in [0.4, 0.5) is 156 Å². The zero-order valence-electron chi connectivity index (χ0n) is 31.7. The third kappa shape index (κ3) is 8.07. The summed E-state index contributed by atoms with van der Waals surface area (Å²) in [5.41, 5.74) is -12.1. The fourth-order valence-electron chi connectivity index (χ4n) is 4.90. The Kier molecular flexibility index (Phi) is 15.6. The number of nitrogens with zero attached hydrogens (tertiary/aromatic N) is 2. The predicted molar refractivity (Wildman–Crippen MR) is 150 cm³/mol. The number of aliphatic imine (C=N–C) groups is 2. The summed E-state index contributed by atoms with van der Waals surface area (Å²) < 4.78 is 469. The molecule has 1 amide bonds. The van der Waals surface area contributed by atoms with Crippen molar-refractivity contribution in [1.29, 1.82) is 0 Å². The van der Waals surface area contributed by atoms with Crippen LogP contribution >= 0.6 is 0 Å². The lowest BCUT2D eigenvalue weighted by molar-refractivity contribution is -0.491. The molecule has 0 spiro atoms. The van der Waals surface area contributed by atoms with Gasteiger partial charge in [0.25, 0.3) is 5.91 Å². The summed E-state index contributed by atoms with van der Waals surface area (Å²) in [6, 6.07) is -0.412. The Morgan fingerprint density at radius 3 is 1.00 bits per heavy atom. The van der Waals surface area contributed by atoms with E-state index < -0.39 is 148 Å². The van der Waals surface area contributed by atoms with E-state index in [2.05, 4.69) is 14.7 Å². The van der Waals surface area contributed by atoms with Crippen LogP contribution in [0, 0.1) is 6.92 Å². The summed E-state index contributed by atoms with van der Waals surface area (Å²) in [6.45, 7) is -1.47. The first-order valence-corrected chi connectivity index (χ1v) is 15.9. The van der Waals surface area contributed by atoms with Gasteiger partial charge in [-0.15, -0.1) is 0 Å². The largest absolute Gasteiger partial charge is 0.460 e. The van der Waals surface area contributed by atoms with Crippen LogP contribution in [0.25, 0.3) is 0 Å². The second-order valence-electron chi connectivity index (χ2n) is 13.1. The molecule has 70 heavy (non-hydrogen) atoms. The highest BCUT2D eigenvalue weighted by molar-refractivity contribution is 6.04. The zero-order chi connectivity index (χ0) is 56.7. The number of aryl methyl sites for hydroxylation is 1. The second kappa shape index (κ2) is 17.4. The van der Waals surface area contributed by atoms with E-state index in [0.29, 0.717) is 13.0 Å². The van der Waals surface area contributed by atoms with Crippen molar-refractivity contribution in [2.24, 2.45) is 9.98 Å². The Balaban J connectivity index is 4.32. The average Bonchev–Trinajstić information content (AvgIpc) is 3.16. The van der Waals surface area contributed by atoms with Crippen LogP contribution in [-0.2, 0) is 25.0 Å². The summed E-state index contributed by atoms with van der Waals surface area (Å²) in [4.78, 5) is 50.2.